The lowest BCUT2D eigenvalue weighted by molar-refractivity contribution is -0.157. The van der Waals surface area contributed by atoms with Gasteiger partial charge in [0.25, 0.3) is 17.4 Å². The molecule has 1 aromatic carbocycles. The number of carbonyl (C=O) groups is 2. The third-order valence-corrected chi connectivity index (χ3v) is 3.59. The van der Waals surface area contributed by atoms with Gasteiger partial charge in [0.15, 0.2) is 0 Å². The Labute approximate surface area is 116 Å². The number of hydrogen-bond donors (Lipinski definition) is 1. The van der Waals surface area contributed by atoms with Crippen LogP contribution < -0.4 is 10.1 Å². The molecule has 2 heterocycles. The number of nitrogens with one attached hydrogen (secondary N) is 1. The van der Waals surface area contributed by atoms with Crippen molar-refractivity contribution in [3.8, 4) is 5.75 Å². The normalized spacial score (nSPS) is 25.4. The fourth-order valence-corrected chi connectivity index (χ4v) is 2.38. The summed E-state index contributed by atoms with van der Waals surface area (Å²) in [6, 6.07) is 7.08. The fourth-order valence-electron chi connectivity index (χ4n) is 2.38. The Balaban J connectivity index is 1.88. The SMILES string of the molecule is CC1(C(=O)N2CCOCC2)Oc2ccccc2NC1=O. The van der Waals surface area contributed by atoms with Crippen molar-refractivity contribution in [2.24, 2.45) is 0 Å². The minimum absolute atomic E-state index is 0.326. The van der Waals surface area contributed by atoms with Crippen LogP contribution in [-0.2, 0) is 14.3 Å². The first-order chi connectivity index (χ1) is 9.61. The predicted octanol–water partition coefficient (Wildman–Crippen LogP) is 0.635. The molecule has 20 heavy (non-hydrogen) atoms. The summed E-state index contributed by atoms with van der Waals surface area (Å²) in [5.41, 5.74) is -0.934. The summed E-state index contributed by atoms with van der Waals surface area (Å²) in [4.78, 5) is 26.4. The van der Waals surface area contributed by atoms with Crippen LogP contribution in [0.4, 0.5) is 5.69 Å². The molecule has 1 unspecified atom stereocenters. The molecule has 0 aliphatic carbocycles. The Morgan fingerprint density at radius 1 is 1.30 bits per heavy atom. The maximum absolute atomic E-state index is 12.6. The number of amides is 2. The van der Waals surface area contributed by atoms with Gasteiger partial charge in [0.1, 0.15) is 5.75 Å². The zero-order chi connectivity index (χ0) is 14.2. The van der Waals surface area contributed by atoms with Gasteiger partial charge in [0.2, 0.25) is 0 Å². The lowest BCUT2D eigenvalue weighted by Gasteiger charge is -2.38. The molecule has 106 valence electrons. The van der Waals surface area contributed by atoms with Crippen molar-refractivity contribution < 1.29 is 19.1 Å². The van der Waals surface area contributed by atoms with Crippen LogP contribution in [0.5, 0.6) is 5.75 Å². The van der Waals surface area contributed by atoms with E-state index in [9.17, 15) is 9.59 Å². The molecule has 0 saturated carbocycles. The smallest absolute Gasteiger partial charge is 0.278 e. The Morgan fingerprint density at radius 2 is 2.00 bits per heavy atom. The van der Waals surface area contributed by atoms with Gasteiger partial charge in [0.05, 0.1) is 18.9 Å². The van der Waals surface area contributed by atoms with Gasteiger partial charge in [0, 0.05) is 13.1 Å². The first kappa shape index (κ1) is 12.9. The van der Waals surface area contributed by atoms with Crippen LogP contribution in [0.15, 0.2) is 24.3 Å². The maximum Gasteiger partial charge on any atom is 0.278 e. The maximum atomic E-state index is 12.6. The van der Waals surface area contributed by atoms with E-state index in [-0.39, 0.29) is 5.91 Å². The van der Waals surface area contributed by atoms with Gasteiger partial charge in [-0.3, -0.25) is 9.59 Å². The second-order valence-corrected chi connectivity index (χ2v) is 4.99. The van der Waals surface area contributed by atoms with Gasteiger partial charge >= 0.3 is 0 Å². The van der Waals surface area contributed by atoms with Gasteiger partial charge in [-0.05, 0) is 19.1 Å². The van der Waals surface area contributed by atoms with E-state index in [1.165, 1.54) is 6.92 Å². The van der Waals surface area contributed by atoms with Crippen LogP contribution in [0, 0.1) is 0 Å². The molecule has 3 rings (SSSR count). The number of para-hydroxylation sites is 2. The summed E-state index contributed by atoms with van der Waals surface area (Å²) in [5, 5.41) is 2.73. The number of nitrogens with zero attached hydrogens (tertiary/aromatic N) is 1. The van der Waals surface area contributed by atoms with E-state index < -0.39 is 11.5 Å². The number of carbonyl (C=O) groups excluding carboxylic acids is 2. The Morgan fingerprint density at radius 3 is 2.75 bits per heavy atom. The van der Waals surface area contributed by atoms with Gasteiger partial charge in [-0.25, -0.2) is 0 Å². The minimum atomic E-state index is -1.52. The van der Waals surface area contributed by atoms with E-state index >= 15 is 0 Å². The van der Waals surface area contributed by atoms with Gasteiger partial charge in [-0.15, -0.1) is 0 Å². The van der Waals surface area contributed by atoms with Crippen LogP contribution in [0.1, 0.15) is 6.92 Å². The lowest BCUT2D eigenvalue weighted by atomic mass is 10.0. The highest BCUT2D eigenvalue weighted by molar-refractivity contribution is 6.15. The Kier molecular flexibility index (Phi) is 3.10. The number of morpholine rings is 1. The van der Waals surface area contributed by atoms with E-state index in [4.69, 9.17) is 9.47 Å². The highest BCUT2D eigenvalue weighted by Gasteiger charge is 2.49. The molecule has 2 amide bonds. The Hall–Kier alpha value is -2.08. The molecule has 1 aromatic rings. The summed E-state index contributed by atoms with van der Waals surface area (Å²) in [6.45, 7) is 3.44. The minimum Gasteiger partial charge on any atom is -0.466 e. The molecule has 6 heteroatoms. The molecule has 6 nitrogen and oxygen atoms in total. The van der Waals surface area contributed by atoms with Crippen molar-refractivity contribution >= 4 is 17.5 Å². The van der Waals surface area contributed by atoms with E-state index in [0.29, 0.717) is 37.7 Å². The average Bonchev–Trinajstić information content (AvgIpc) is 2.48. The summed E-state index contributed by atoms with van der Waals surface area (Å²) in [7, 11) is 0. The van der Waals surface area contributed by atoms with Crippen LogP contribution in [0.25, 0.3) is 0 Å². The van der Waals surface area contributed by atoms with Gasteiger partial charge < -0.3 is 19.7 Å². The van der Waals surface area contributed by atoms with Crippen LogP contribution >= 0.6 is 0 Å². The quantitative estimate of drug-likeness (QED) is 0.764. The van der Waals surface area contributed by atoms with Crippen molar-refractivity contribution in [2.75, 3.05) is 31.6 Å². The first-order valence-electron chi connectivity index (χ1n) is 6.58. The fraction of sp³-hybridized carbons (Fsp3) is 0.429. The highest BCUT2D eigenvalue weighted by atomic mass is 16.5. The van der Waals surface area contributed by atoms with E-state index in [1.54, 1.807) is 29.2 Å². The van der Waals surface area contributed by atoms with Crippen molar-refractivity contribution in [2.45, 2.75) is 12.5 Å². The molecule has 0 aromatic heterocycles. The molecule has 2 aliphatic heterocycles. The van der Waals surface area contributed by atoms with Crippen molar-refractivity contribution in [1.82, 2.24) is 4.90 Å². The predicted molar refractivity (Wildman–Crippen MR) is 71.5 cm³/mol. The molecule has 1 atom stereocenters. The molecule has 1 N–H and O–H groups in total. The van der Waals surface area contributed by atoms with E-state index in [1.807, 2.05) is 0 Å². The molecule has 1 fully saturated rings. The zero-order valence-electron chi connectivity index (χ0n) is 11.2. The number of anilines is 1. The lowest BCUT2D eigenvalue weighted by Crippen LogP contribution is -2.61. The molecular weight excluding hydrogens is 260 g/mol. The van der Waals surface area contributed by atoms with Crippen molar-refractivity contribution in [3.63, 3.8) is 0 Å². The summed E-state index contributed by atoms with van der Waals surface area (Å²) < 4.78 is 10.9. The topological polar surface area (TPSA) is 67.9 Å². The summed E-state index contributed by atoms with van der Waals surface area (Å²) in [6.07, 6.45) is 0. The summed E-state index contributed by atoms with van der Waals surface area (Å²) >= 11 is 0. The van der Waals surface area contributed by atoms with E-state index in [2.05, 4.69) is 5.32 Å². The third-order valence-electron chi connectivity index (χ3n) is 3.59. The number of hydrogen-bond acceptors (Lipinski definition) is 4. The van der Waals surface area contributed by atoms with Gasteiger partial charge in [-0.1, -0.05) is 12.1 Å². The summed E-state index contributed by atoms with van der Waals surface area (Å²) in [5.74, 6) is -0.253. The number of ether oxygens (including phenoxy) is 2. The van der Waals surface area contributed by atoms with Crippen LogP contribution in [-0.4, -0.2) is 48.6 Å². The number of rotatable bonds is 1. The molecule has 2 aliphatic rings. The number of benzene rings is 1. The van der Waals surface area contributed by atoms with Crippen LogP contribution in [0.3, 0.4) is 0 Å². The van der Waals surface area contributed by atoms with Crippen LogP contribution in [0.2, 0.25) is 0 Å². The monoisotopic (exact) mass is 276 g/mol. The molecule has 0 bridgehead atoms. The van der Waals surface area contributed by atoms with Crippen molar-refractivity contribution in [1.29, 1.82) is 0 Å². The average molecular weight is 276 g/mol. The molecule has 0 radical (unpaired) electrons. The third kappa shape index (κ3) is 2.02. The van der Waals surface area contributed by atoms with Gasteiger partial charge in [-0.2, -0.15) is 0 Å². The molecular formula is C14H16N2O4. The second kappa shape index (κ2) is 4.79. The largest absolute Gasteiger partial charge is 0.466 e. The van der Waals surface area contributed by atoms with E-state index in [0.717, 1.165) is 0 Å². The highest BCUT2D eigenvalue weighted by Crippen LogP contribution is 2.34. The first-order valence-corrected chi connectivity index (χ1v) is 6.58. The van der Waals surface area contributed by atoms with Crippen molar-refractivity contribution in [3.05, 3.63) is 24.3 Å². The second-order valence-electron chi connectivity index (χ2n) is 4.99. The molecule has 0 spiro atoms. The molecule has 1 saturated heterocycles. The zero-order valence-corrected chi connectivity index (χ0v) is 11.2. The standard InChI is InChI=1S/C14H16N2O4/c1-14(13(18)16-6-8-19-9-7-16)12(17)15-10-4-2-3-5-11(10)20-14/h2-5H,6-9H2,1H3,(H,15,17). The Bertz CT molecular complexity index is 554. The number of fused-ring (bicyclic) bond motifs is 1.